The van der Waals surface area contributed by atoms with Crippen LogP contribution in [0.3, 0.4) is 0 Å². The lowest BCUT2D eigenvalue weighted by molar-refractivity contribution is 0.579. The van der Waals surface area contributed by atoms with Gasteiger partial charge in [0.1, 0.15) is 0 Å². The van der Waals surface area contributed by atoms with Gasteiger partial charge in [-0.1, -0.05) is 47.5 Å². The quantitative estimate of drug-likeness (QED) is 0.567. The molecule has 0 aliphatic heterocycles. The predicted molar refractivity (Wildman–Crippen MR) is 57.0 cm³/mol. The first-order valence-corrected chi connectivity index (χ1v) is 5.91. The molecule has 0 heterocycles. The molecular weight excluding hydrogens is 151 g/mol. The van der Waals surface area contributed by atoms with Crippen LogP contribution < -0.4 is 0 Å². The summed E-state index contributed by atoms with van der Waals surface area (Å²) in [6.45, 7) is 11.7. The molecule has 0 nitrogen and oxygen atoms in total. The van der Waals surface area contributed by atoms with E-state index in [0.717, 1.165) is 14.5 Å². The van der Waals surface area contributed by atoms with Gasteiger partial charge >= 0.3 is 0 Å². The summed E-state index contributed by atoms with van der Waals surface area (Å²) in [6, 6.07) is 0. The summed E-state index contributed by atoms with van der Waals surface area (Å²) in [7, 11) is 1.13. The first-order chi connectivity index (χ1) is 4.95. The van der Waals surface area contributed by atoms with Crippen LogP contribution >= 0.6 is 8.58 Å². The Morgan fingerprint density at radius 1 is 1.27 bits per heavy atom. The second-order valence-corrected chi connectivity index (χ2v) is 6.79. The maximum atomic E-state index is 2.38. The van der Waals surface area contributed by atoms with Crippen molar-refractivity contribution in [2.75, 3.05) is 6.16 Å². The third kappa shape index (κ3) is 8.34. The zero-order chi connectivity index (χ0) is 8.91. The molecule has 0 saturated heterocycles. The molecule has 0 aromatic carbocycles. The Morgan fingerprint density at radius 3 is 2.18 bits per heavy atom. The van der Waals surface area contributed by atoms with Crippen LogP contribution in [0.4, 0.5) is 0 Å². The third-order valence-electron chi connectivity index (χ3n) is 1.76. The minimum absolute atomic E-state index is 0.558. The summed E-state index contributed by atoms with van der Waals surface area (Å²) in [5.74, 6) is 0.942. The molecule has 11 heavy (non-hydrogen) atoms. The van der Waals surface area contributed by atoms with E-state index in [0.29, 0.717) is 5.16 Å². The summed E-state index contributed by atoms with van der Waals surface area (Å²) < 4.78 is 0. The number of rotatable bonds is 4. The van der Waals surface area contributed by atoms with Gasteiger partial charge in [-0.05, 0) is 17.2 Å². The molecule has 0 aromatic heterocycles. The number of hydrogen-bond acceptors (Lipinski definition) is 0. The highest BCUT2D eigenvalue weighted by Gasteiger charge is 2.11. The summed E-state index contributed by atoms with van der Waals surface area (Å²) in [5.41, 5.74) is 0. The Bertz CT molecular complexity index is 91.5. The molecule has 0 spiro atoms. The van der Waals surface area contributed by atoms with Crippen molar-refractivity contribution in [1.82, 2.24) is 0 Å². The maximum absolute atomic E-state index is 2.38. The predicted octanol–water partition coefficient (Wildman–Crippen LogP) is 3.90. The van der Waals surface area contributed by atoms with Gasteiger partial charge in [-0.15, -0.1) is 8.58 Å². The lowest BCUT2D eigenvalue weighted by Crippen LogP contribution is -2.09. The second-order valence-electron chi connectivity index (χ2n) is 4.52. The van der Waals surface area contributed by atoms with Crippen molar-refractivity contribution >= 4 is 8.58 Å². The zero-order valence-electron chi connectivity index (χ0n) is 8.70. The van der Waals surface area contributed by atoms with Crippen molar-refractivity contribution in [3.05, 3.63) is 0 Å². The topological polar surface area (TPSA) is 0 Å². The molecular formula is C10H23P. The van der Waals surface area contributed by atoms with Gasteiger partial charge in [-0.3, -0.25) is 0 Å². The van der Waals surface area contributed by atoms with E-state index in [1.807, 2.05) is 0 Å². The minimum Gasteiger partial charge on any atom is -0.116 e. The molecule has 1 heteroatoms. The van der Waals surface area contributed by atoms with Crippen molar-refractivity contribution in [2.45, 2.75) is 52.6 Å². The van der Waals surface area contributed by atoms with E-state index in [9.17, 15) is 0 Å². The molecule has 0 aliphatic rings. The monoisotopic (exact) mass is 174 g/mol. The van der Waals surface area contributed by atoms with E-state index in [1.165, 1.54) is 19.0 Å². The van der Waals surface area contributed by atoms with E-state index in [-0.39, 0.29) is 0 Å². The van der Waals surface area contributed by atoms with Gasteiger partial charge in [-0.25, -0.2) is 0 Å². The van der Waals surface area contributed by atoms with Gasteiger partial charge in [0.25, 0.3) is 0 Å². The van der Waals surface area contributed by atoms with Crippen LogP contribution in [-0.2, 0) is 0 Å². The first kappa shape index (κ1) is 11.4. The summed E-state index contributed by atoms with van der Waals surface area (Å²) in [4.78, 5) is 0. The molecule has 0 fully saturated rings. The third-order valence-corrected chi connectivity index (χ3v) is 3.72. The second kappa shape index (κ2) is 5.14. The van der Waals surface area contributed by atoms with Crippen LogP contribution in [0.15, 0.2) is 0 Å². The van der Waals surface area contributed by atoms with Crippen molar-refractivity contribution in [3.8, 4) is 0 Å². The summed E-state index contributed by atoms with van der Waals surface area (Å²) in [5, 5.41) is 0.558. The average molecular weight is 174 g/mol. The molecule has 0 amide bonds. The Balaban J connectivity index is 3.38. The molecule has 0 rings (SSSR count). The molecule has 0 N–H and O–H groups in total. The SMILES string of the molecule is CCCC(C)CPC(C)(C)C. The highest BCUT2D eigenvalue weighted by molar-refractivity contribution is 7.39. The van der Waals surface area contributed by atoms with E-state index in [4.69, 9.17) is 0 Å². The lowest BCUT2D eigenvalue weighted by atomic mass is 10.1. The largest absolute Gasteiger partial charge is 0.116 e. The number of hydrogen-bond donors (Lipinski definition) is 0. The Morgan fingerprint density at radius 2 is 1.82 bits per heavy atom. The van der Waals surface area contributed by atoms with Gasteiger partial charge in [0, 0.05) is 0 Å². The smallest absolute Gasteiger partial charge is 0.0207 e. The summed E-state index contributed by atoms with van der Waals surface area (Å²) in [6.07, 6.45) is 4.18. The molecule has 2 unspecified atom stereocenters. The van der Waals surface area contributed by atoms with Gasteiger partial charge < -0.3 is 0 Å². The zero-order valence-corrected chi connectivity index (χ0v) is 9.70. The molecule has 0 aliphatic carbocycles. The molecule has 68 valence electrons. The Kier molecular flexibility index (Phi) is 5.34. The first-order valence-electron chi connectivity index (χ1n) is 4.70. The van der Waals surface area contributed by atoms with E-state index >= 15 is 0 Å². The fourth-order valence-electron chi connectivity index (χ4n) is 1.08. The molecule has 0 aromatic rings. The van der Waals surface area contributed by atoms with Crippen LogP contribution in [0.2, 0.25) is 0 Å². The van der Waals surface area contributed by atoms with Gasteiger partial charge in [0.2, 0.25) is 0 Å². The Labute approximate surface area is 73.9 Å². The fraction of sp³-hybridized carbons (Fsp3) is 1.00. The standard InChI is InChI=1S/C10H23P/c1-6-7-9(2)8-11-10(3,4)5/h9,11H,6-8H2,1-5H3. The van der Waals surface area contributed by atoms with Crippen molar-refractivity contribution in [2.24, 2.45) is 5.92 Å². The maximum Gasteiger partial charge on any atom is -0.0207 e. The van der Waals surface area contributed by atoms with Crippen LogP contribution in [0, 0.1) is 5.92 Å². The lowest BCUT2D eigenvalue weighted by Gasteiger charge is -2.20. The van der Waals surface area contributed by atoms with Crippen molar-refractivity contribution in [3.63, 3.8) is 0 Å². The summed E-state index contributed by atoms with van der Waals surface area (Å²) >= 11 is 0. The average Bonchev–Trinajstić information content (AvgIpc) is 1.83. The molecule has 2 atom stereocenters. The van der Waals surface area contributed by atoms with Gasteiger partial charge in [0.15, 0.2) is 0 Å². The van der Waals surface area contributed by atoms with E-state index < -0.39 is 0 Å². The van der Waals surface area contributed by atoms with Crippen LogP contribution in [0.1, 0.15) is 47.5 Å². The van der Waals surface area contributed by atoms with Crippen molar-refractivity contribution < 1.29 is 0 Å². The van der Waals surface area contributed by atoms with E-state index in [1.54, 1.807) is 0 Å². The van der Waals surface area contributed by atoms with E-state index in [2.05, 4.69) is 34.6 Å². The van der Waals surface area contributed by atoms with Gasteiger partial charge in [-0.2, -0.15) is 0 Å². The minimum atomic E-state index is 0.558. The van der Waals surface area contributed by atoms with Crippen LogP contribution in [0.5, 0.6) is 0 Å². The van der Waals surface area contributed by atoms with Crippen molar-refractivity contribution in [1.29, 1.82) is 0 Å². The molecule has 0 radical (unpaired) electrons. The highest BCUT2D eigenvalue weighted by Crippen LogP contribution is 2.32. The van der Waals surface area contributed by atoms with Crippen LogP contribution in [-0.4, -0.2) is 11.3 Å². The molecule has 0 bridgehead atoms. The normalized spacial score (nSPS) is 16.1. The fourth-order valence-corrected chi connectivity index (χ4v) is 2.24. The molecule has 0 saturated carbocycles. The van der Waals surface area contributed by atoms with Crippen LogP contribution in [0.25, 0.3) is 0 Å². The highest BCUT2D eigenvalue weighted by atomic mass is 31.1. The Hall–Kier alpha value is 0.430. The van der Waals surface area contributed by atoms with Gasteiger partial charge in [0.05, 0.1) is 0 Å².